The first-order valence-electron chi connectivity index (χ1n) is 10.1. The molecule has 0 aliphatic carbocycles. The highest BCUT2D eigenvalue weighted by atomic mass is 35.5. The van der Waals surface area contributed by atoms with E-state index in [9.17, 15) is 17.6 Å². The molecule has 0 radical (unpaired) electrons. The molecule has 2 aromatic rings. The van der Waals surface area contributed by atoms with Crippen LogP contribution in [0.3, 0.4) is 0 Å². The van der Waals surface area contributed by atoms with Gasteiger partial charge in [-0.05, 0) is 37.0 Å². The van der Waals surface area contributed by atoms with Crippen molar-refractivity contribution >= 4 is 27.3 Å². The molecule has 31 heavy (non-hydrogen) atoms. The Morgan fingerprint density at radius 2 is 2.13 bits per heavy atom. The van der Waals surface area contributed by atoms with Gasteiger partial charge >= 0.3 is 0 Å². The molecule has 1 aliphatic heterocycles. The Labute approximate surface area is 185 Å². The standard InChI is InChI=1S/C20H26ClFN4O4S/c1-11(2)8-15(17(23)20(27)26-7-6-12(22)10-26)19-24-18(25-30-19)14-5-4-13(9-16(14)21)31(3,28)29/h4-5,9,11-12,15,17H,6-8,10,23H2,1-3H3/p+1/t12-,15-,17-/m0/s1. The van der Waals surface area contributed by atoms with E-state index in [1.807, 2.05) is 13.8 Å². The Morgan fingerprint density at radius 3 is 2.68 bits per heavy atom. The summed E-state index contributed by atoms with van der Waals surface area (Å²) in [7, 11) is -3.40. The van der Waals surface area contributed by atoms with Gasteiger partial charge in [0.05, 0.1) is 22.4 Å². The van der Waals surface area contributed by atoms with Crippen molar-refractivity contribution < 1.29 is 27.9 Å². The van der Waals surface area contributed by atoms with E-state index in [0.717, 1.165) is 6.26 Å². The third kappa shape index (κ3) is 5.42. The van der Waals surface area contributed by atoms with Crippen LogP contribution >= 0.6 is 11.6 Å². The number of alkyl halides is 1. The molecule has 0 spiro atoms. The first kappa shape index (κ1) is 23.6. The maximum absolute atomic E-state index is 13.6. The fourth-order valence-electron chi connectivity index (χ4n) is 3.67. The molecule has 0 saturated carbocycles. The van der Waals surface area contributed by atoms with E-state index in [0.29, 0.717) is 24.9 Å². The van der Waals surface area contributed by atoms with Crippen LogP contribution in [0.4, 0.5) is 4.39 Å². The van der Waals surface area contributed by atoms with Crippen molar-refractivity contribution in [2.75, 3.05) is 19.3 Å². The van der Waals surface area contributed by atoms with Crippen molar-refractivity contribution in [3.63, 3.8) is 0 Å². The largest absolute Gasteiger partial charge is 0.347 e. The highest BCUT2D eigenvalue weighted by Gasteiger charge is 2.39. The predicted molar refractivity (Wildman–Crippen MR) is 113 cm³/mol. The van der Waals surface area contributed by atoms with Crippen molar-refractivity contribution in [1.29, 1.82) is 0 Å². The molecule has 3 rings (SSSR count). The lowest BCUT2D eigenvalue weighted by atomic mass is 9.90. The number of sulfone groups is 1. The van der Waals surface area contributed by atoms with E-state index in [2.05, 4.69) is 15.9 Å². The van der Waals surface area contributed by atoms with E-state index in [4.69, 9.17) is 16.1 Å². The van der Waals surface area contributed by atoms with Crippen LogP contribution in [0.2, 0.25) is 5.02 Å². The van der Waals surface area contributed by atoms with Gasteiger partial charge in [0.2, 0.25) is 11.7 Å². The number of benzene rings is 1. The molecule has 1 aromatic carbocycles. The predicted octanol–water partition coefficient (Wildman–Crippen LogP) is 2.10. The fraction of sp³-hybridized carbons (Fsp3) is 0.550. The second kappa shape index (κ2) is 9.22. The maximum Gasteiger partial charge on any atom is 0.281 e. The number of nitrogens with zero attached hydrogens (tertiary/aromatic N) is 3. The van der Waals surface area contributed by atoms with Gasteiger partial charge in [0.15, 0.2) is 15.9 Å². The smallest absolute Gasteiger partial charge is 0.281 e. The minimum atomic E-state index is -3.40. The molecule has 1 aromatic heterocycles. The zero-order valence-corrected chi connectivity index (χ0v) is 19.3. The number of carbonyl (C=O) groups is 1. The number of hydrogen-bond donors (Lipinski definition) is 1. The van der Waals surface area contributed by atoms with Gasteiger partial charge in [0.1, 0.15) is 6.17 Å². The molecule has 0 bridgehead atoms. The van der Waals surface area contributed by atoms with E-state index >= 15 is 0 Å². The van der Waals surface area contributed by atoms with E-state index in [1.165, 1.54) is 23.1 Å². The number of rotatable bonds is 7. The lowest BCUT2D eigenvalue weighted by Gasteiger charge is -2.23. The molecular formula is C20H27ClFN4O4S+. The first-order valence-corrected chi connectivity index (χ1v) is 12.3. The van der Waals surface area contributed by atoms with E-state index in [1.54, 1.807) is 0 Å². The van der Waals surface area contributed by atoms with Crippen LogP contribution in [0.25, 0.3) is 11.4 Å². The highest BCUT2D eigenvalue weighted by Crippen LogP contribution is 2.32. The molecule has 2 heterocycles. The lowest BCUT2D eigenvalue weighted by Crippen LogP contribution is -2.70. The van der Waals surface area contributed by atoms with Gasteiger partial charge in [-0.2, -0.15) is 4.98 Å². The van der Waals surface area contributed by atoms with Crippen LogP contribution in [0, 0.1) is 5.92 Å². The summed E-state index contributed by atoms with van der Waals surface area (Å²) in [5, 5.41) is 4.16. The molecule has 1 fully saturated rings. The quantitative estimate of drug-likeness (QED) is 0.657. The molecule has 1 saturated heterocycles. The number of likely N-dealkylation sites (tertiary alicyclic amines) is 1. The number of carbonyl (C=O) groups excluding carboxylic acids is 1. The Hall–Kier alpha value is -2.04. The van der Waals surface area contributed by atoms with Gasteiger partial charge in [-0.3, -0.25) is 4.79 Å². The fourth-order valence-corrected chi connectivity index (χ4v) is 4.65. The van der Waals surface area contributed by atoms with Crippen LogP contribution in [-0.4, -0.2) is 60.9 Å². The molecule has 11 heteroatoms. The van der Waals surface area contributed by atoms with Crippen molar-refractivity contribution in [3.8, 4) is 11.4 Å². The molecule has 1 aliphatic rings. The third-order valence-electron chi connectivity index (χ3n) is 5.34. The van der Waals surface area contributed by atoms with Gasteiger partial charge in [0, 0.05) is 18.4 Å². The summed E-state index contributed by atoms with van der Waals surface area (Å²) >= 11 is 6.26. The van der Waals surface area contributed by atoms with Gasteiger partial charge in [-0.25, -0.2) is 12.8 Å². The van der Waals surface area contributed by atoms with Crippen molar-refractivity contribution in [2.24, 2.45) is 5.92 Å². The van der Waals surface area contributed by atoms with Gasteiger partial charge in [0.25, 0.3) is 5.91 Å². The minimum absolute atomic E-state index is 0.0800. The molecule has 170 valence electrons. The Morgan fingerprint density at radius 1 is 1.42 bits per heavy atom. The summed E-state index contributed by atoms with van der Waals surface area (Å²) in [6.45, 7) is 4.47. The van der Waals surface area contributed by atoms with Crippen molar-refractivity contribution in [3.05, 3.63) is 29.1 Å². The van der Waals surface area contributed by atoms with Crippen molar-refractivity contribution in [2.45, 2.75) is 49.7 Å². The van der Waals surface area contributed by atoms with Gasteiger partial charge in [-0.1, -0.05) is 30.6 Å². The van der Waals surface area contributed by atoms with Gasteiger partial charge < -0.3 is 15.2 Å². The molecule has 8 nitrogen and oxygen atoms in total. The number of hydrogen-bond acceptors (Lipinski definition) is 6. The minimum Gasteiger partial charge on any atom is -0.347 e. The third-order valence-corrected chi connectivity index (χ3v) is 6.76. The van der Waals surface area contributed by atoms with Gasteiger partial charge in [-0.15, -0.1) is 0 Å². The molecular weight excluding hydrogens is 447 g/mol. The summed E-state index contributed by atoms with van der Waals surface area (Å²) in [4.78, 5) is 18.9. The Balaban J connectivity index is 1.88. The number of amides is 1. The lowest BCUT2D eigenvalue weighted by molar-refractivity contribution is -0.413. The molecule has 1 amide bonds. The normalized spacial score (nSPS) is 19.1. The summed E-state index contributed by atoms with van der Waals surface area (Å²) in [6, 6.07) is 3.57. The topological polar surface area (TPSA) is 121 Å². The van der Waals surface area contributed by atoms with Crippen LogP contribution < -0.4 is 5.73 Å². The second-order valence-corrected chi connectivity index (χ2v) is 10.8. The number of aromatic nitrogens is 2. The first-order chi connectivity index (χ1) is 14.5. The summed E-state index contributed by atoms with van der Waals surface area (Å²) in [5.41, 5.74) is 4.46. The average Bonchev–Trinajstić information content (AvgIpc) is 3.33. The Kier molecular flexibility index (Phi) is 7.02. The molecule has 0 unspecified atom stereocenters. The van der Waals surface area contributed by atoms with Crippen LogP contribution in [0.15, 0.2) is 27.6 Å². The molecule has 3 N–H and O–H groups in total. The van der Waals surface area contributed by atoms with E-state index in [-0.39, 0.29) is 40.0 Å². The van der Waals surface area contributed by atoms with Crippen LogP contribution in [0.1, 0.15) is 38.5 Å². The average molecular weight is 474 g/mol. The SMILES string of the molecule is CC(C)C[C@H](c1nc(-c2ccc(S(C)(=O)=O)cc2Cl)no1)[C@H]([NH3+])C(=O)N1CC[C@H](F)C1. The molecule has 3 atom stereocenters. The number of halogens is 2. The summed E-state index contributed by atoms with van der Waals surface area (Å²) in [5.74, 6) is -0.0140. The summed E-state index contributed by atoms with van der Waals surface area (Å²) in [6.07, 6.45) is 1.000. The zero-order chi connectivity index (χ0) is 22.9. The van der Waals surface area contributed by atoms with E-state index < -0.39 is 28.0 Å². The zero-order valence-electron chi connectivity index (χ0n) is 17.7. The Bertz CT molecular complexity index is 1060. The number of quaternary nitrogens is 1. The van der Waals surface area contributed by atoms with Crippen molar-refractivity contribution in [1.82, 2.24) is 15.0 Å². The van der Waals surface area contributed by atoms with Crippen LogP contribution in [-0.2, 0) is 14.6 Å². The highest BCUT2D eigenvalue weighted by molar-refractivity contribution is 7.90. The van der Waals surface area contributed by atoms with Crippen LogP contribution in [0.5, 0.6) is 0 Å². The monoisotopic (exact) mass is 473 g/mol. The maximum atomic E-state index is 13.6. The summed E-state index contributed by atoms with van der Waals surface area (Å²) < 4.78 is 42.5. The second-order valence-electron chi connectivity index (χ2n) is 8.38.